The summed E-state index contributed by atoms with van der Waals surface area (Å²) in [7, 11) is -3.46. The van der Waals surface area contributed by atoms with Gasteiger partial charge in [0.1, 0.15) is 0 Å². The standard InChI is InChI=1S/C22H36N4O4S/c1-4-23-21(27)18-24-14-7-15-25(17-16-24)22(28)13-10-19-8-11-20(12-9-19)31(29,30)26(5-2)6-3/h8-9,11-12H,4-7,10,13-18H2,1-3H3,(H,23,27). The topological polar surface area (TPSA) is 90.0 Å². The maximum absolute atomic E-state index is 12.7. The van der Waals surface area contributed by atoms with Gasteiger partial charge in [-0.25, -0.2) is 8.42 Å². The highest BCUT2D eigenvalue weighted by molar-refractivity contribution is 7.89. The number of carbonyl (C=O) groups is 2. The van der Waals surface area contributed by atoms with Crippen LogP contribution in [0, 0.1) is 0 Å². The van der Waals surface area contributed by atoms with Gasteiger partial charge in [-0.3, -0.25) is 14.5 Å². The highest BCUT2D eigenvalue weighted by Crippen LogP contribution is 2.17. The molecule has 0 bridgehead atoms. The quantitative estimate of drug-likeness (QED) is 0.578. The Morgan fingerprint density at radius 2 is 1.68 bits per heavy atom. The van der Waals surface area contributed by atoms with Crippen LogP contribution < -0.4 is 5.32 Å². The molecule has 2 amide bonds. The summed E-state index contributed by atoms with van der Waals surface area (Å²) in [5.74, 6) is 0.119. The van der Waals surface area contributed by atoms with Crippen LogP contribution in [0.4, 0.5) is 0 Å². The molecule has 0 unspecified atom stereocenters. The third kappa shape index (κ3) is 7.29. The third-order valence-corrected chi connectivity index (χ3v) is 7.64. The summed E-state index contributed by atoms with van der Waals surface area (Å²) in [5.41, 5.74) is 0.944. The van der Waals surface area contributed by atoms with Gasteiger partial charge in [0.15, 0.2) is 0 Å². The fourth-order valence-corrected chi connectivity index (χ4v) is 5.24. The molecule has 0 spiro atoms. The Hall–Kier alpha value is -1.97. The van der Waals surface area contributed by atoms with Gasteiger partial charge in [0, 0.05) is 52.2 Å². The van der Waals surface area contributed by atoms with E-state index in [4.69, 9.17) is 0 Å². The van der Waals surface area contributed by atoms with Crippen molar-refractivity contribution >= 4 is 21.8 Å². The lowest BCUT2D eigenvalue weighted by molar-refractivity contribution is -0.131. The van der Waals surface area contributed by atoms with Gasteiger partial charge in [-0.05, 0) is 37.5 Å². The van der Waals surface area contributed by atoms with E-state index in [1.807, 2.05) is 25.7 Å². The number of nitrogens with zero attached hydrogens (tertiary/aromatic N) is 3. The minimum Gasteiger partial charge on any atom is -0.355 e. The Labute approximate surface area is 186 Å². The van der Waals surface area contributed by atoms with Crippen LogP contribution in [0.25, 0.3) is 0 Å². The van der Waals surface area contributed by atoms with Crippen LogP contribution in [0.15, 0.2) is 29.2 Å². The van der Waals surface area contributed by atoms with Crippen LogP contribution in [0.3, 0.4) is 0 Å². The van der Waals surface area contributed by atoms with Gasteiger partial charge in [-0.15, -0.1) is 0 Å². The normalized spacial score (nSPS) is 15.7. The van der Waals surface area contributed by atoms with Crippen molar-refractivity contribution < 1.29 is 18.0 Å². The molecule has 9 heteroatoms. The Morgan fingerprint density at radius 1 is 1.00 bits per heavy atom. The molecule has 1 aromatic rings. The first-order valence-corrected chi connectivity index (χ1v) is 12.6. The Kier molecular flexibility index (Phi) is 9.93. The number of likely N-dealkylation sites (N-methyl/N-ethyl adjacent to an activating group) is 1. The lowest BCUT2D eigenvalue weighted by atomic mass is 10.1. The number of hydrogen-bond donors (Lipinski definition) is 1. The first kappa shape index (κ1) is 25.3. The number of rotatable bonds is 10. The Bertz CT molecular complexity index is 822. The van der Waals surface area contributed by atoms with Crippen LogP contribution in [0.1, 0.15) is 39.2 Å². The number of carbonyl (C=O) groups excluding carboxylic acids is 2. The van der Waals surface area contributed by atoms with Gasteiger partial charge in [-0.1, -0.05) is 26.0 Å². The third-order valence-electron chi connectivity index (χ3n) is 5.58. The van der Waals surface area contributed by atoms with Gasteiger partial charge in [-0.2, -0.15) is 4.31 Å². The monoisotopic (exact) mass is 452 g/mol. The molecular weight excluding hydrogens is 416 g/mol. The molecule has 174 valence electrons. The molecular formula is C22H36N4O4S. The maximum atomic E-state index is 12.7. The lowest BCUT2D eigenvalue weighted by Crippen LogP contribution is -2.40. The molecule has 0 aliphatic carbocycles. The number of benzene rings is 1. The average molecular weight is 453 g/mol. The minimum absolute atomic E-state index is 0.0220. The molecule has 1 N–H and O–H groups in total. The summed E-state index contributed by atoms with van der Waals surface area (Å²) >= 11 is 0. The fourth-order valence-electron chi connectivity index (χ4n) is 3.78. The van der Waals surface area contributed by atoms with Crippen molar-refractivity contribution in [3.05, 3.63) is 29.8 Å². The van der Waals surface area contributed by atoms with Crippen LogP contribution in [-0.2, 0) is 26.0 Å². The SMILES string of the molecule is CCNC(=O)CN1CCCN(C(=O)CCc2ccc(S(=O)(=O)N(CC)CC)cc2)CC1. The van der Waals surface area contributed by atoms with E-state index in [2.05, 4.69) is 10.2 Å². The van der Waals surface area contributed by atoms with Crippen LogP contribution in [0.5, 0.6) is 0 Å². The second-order valence-electron chi connectivity index (χ2n) is 7.70. The molecule has 1 aliphatic rings. The van der Waals surface area contributed by atoms with Crippen molar-refractivity contribution in [1.82, 2.24) is 19.4 Å². The molecule has 1 heterocycles. The zero-order valence-electron chi connectivity index (χ0n) is 19.0. The number of sulfonamides is 1. The summed E-state index contributed by atoms with van der Waals surface area (Å²) in [4.78, 5) is 28.7. The maximum Gasteiger partial charge on any atom is 0.243 e. The lowest BCUT2D eigenvalue weighted by Gasteiger charge is -2.22. The Morgan fingerprint density at radius 3 is 2.29 bits per heavy atom. The van der Waals surface area contributed by atoms with Crippen molar-refractivity contribution in [2.75, 3.05) is 52.4 Å². The van der Waals surface area contributed by atoms with Gasteiger partial charge in [0.2, 0.25) is 21.8 Å². The molecule has 31 heavy (non-hydrogen) atoms. The molecule has 1 aliphatic heterocycles. The molecule has 0 aromatic heterocycles. The van der Waals surface area contributed by atoms with E-state index >= 15 is 0 Å². The number of nitrogens with one attached hydrogen (secondary N) is 1. The molecule has 1 saturated heterocycles. The fraction of sp³-hybridized carbons (Fsp3) is 0.636. The molecule has 2 rings (SSSR count). The van der Waals surface area contributed by atoms with Crippen molar-refractivity contribution in [3.63, 3.8) is 0 Å². The van der Waals surface area contributed by atoms with E-state index in [1.54, 1.807) is 24.3 Å². The average Bonchev–Trinajstić information content (AvgIpc) is 2.99. The van der Waals surface area contributed by atoms with E-state index in [9.17, 15) is 18.0 Å². The first-order chi connectivity index (χ1) is 14.8. The van der Waals surface area contributed by atoms with E-state index in [0.717, 1.165) is 18.5 Å². The predicted octanol–water partition coefficient (Wildman–Crippen LogP) is 1.32. The molecule has 0 atom stereocenters. The summed E-state index contributed by atoms with van der Waals surface area (Å²) in [5, 5.41) is 2.81. The van der Waals surface area contributed by atoms with Gasteiger partial charge in [0.25, 0.3) is 0 Å². The second kappa shape index (κ2) is 12.2. The Balaban J connectivity index is 1.86. The largest absolute Gasteiger partial charge is 0.355 e. The molecule has 1 fully saturated rings. The molecule has 0 saturated carbocycles. The molecule has 0 radical (unpaired) electrons. The predicted molar refractivity (Wildman–Crippen MR) is 121 cm³/mol. The summed E-state index contributed by atoms with van der Waals surface area (Å²) < 4.78 is 26.6. The van der Waals surface area contributed by atoms with E-state index in [-0.39, 0.29) is 16.7 Å². The van der Waals surface area contributed by atoms with Crippen molar-refractivity contribution in [1.29, 1.82) is 0 Å². The minimum atomic E-state index is -3.46. The zero-order chi connectivity index (χ0) is 22.9. The smallest absolute Gasteiger partial charge is 0.243 e. The van der Waals surface area contributed by atoms with Gasteiger partial charge >= 0.3 is 0 Å². The summed E-state index contributed by atoms with van der Waals surface area (Å²) in [6.45, 7) is 10.2. The first-order valence-electron chi connectivity index (χ1n) is 11.2. The number of hydrogen-bond acceptors (Lipinski definition) is 5. The van der Waals surface area contributed by atoms with Crippen molar-refractivity contribution in [3.8, 4) is 0 Å². The van der Waals surface area contributed by atoms with Gasteiger partial charge < -0.3 is 10.2 Å². The molecule has 1 aromatic carbocycles. The van der Waals surface area contributed by atoms with Gasteiger partial charge in [0.05, 0.1) is 11.4 Å². The number of amides is 2. The highest BCUT2D eigenvalue weighted by Gasteiger charge is 2.22. The van der Waals surface area contributed by atoms with Crippen LogP contribution in [-0.4, -0.2) is 86.7 Å². The zero-order valence-corrected chi connectivity index (χ0v) is 19.8. The van der Waals surface area contributed by atoms with E-state index in [0.29, 0.717) is 58.7 Å². The van der Waals surface area contributed by atoms with Crippen LogP contribution >= 0.6 is 0 Å². The number of aryl methyl sites for hydroxylation is 1. The van der Waals surface area contributed by atoms with Crippen molar-refractivity contribution in [2.24, 2.45) is 0 Å². The van der Waals surface area contributed by atoms with Crippen molar-refractivity contribution in [2.45, 2.75) is 44.9 Å². The molecule has 8 nitrogen and oxygen atoms in total. The van der Waals surface area contributed by atoms with E-state index < -0.39 is 10.0 Å². The summed E-state index contributed by atoms with van der Waals surface area (Å²) in [6, 6.07) is 6.83. The summed E-state index contributed by atoms with van der Waals surface area (Å²) in [6.07, 6.45) is 1.81. The highest BCUT2D eigenvalue weighted by atomic mass is 32.2. The van der Waals surface area contributed by atoms with Crippen LogP contribution in [0.2, 0.25) is 0 Å². The second-order valence-corrected chi connectivity index (χ2v) is 9.64. The van der Waals surface area contributed by atoms with E-state index in [1.165, 1.54) is 4.31 Å².